The first-order valence-corrected chi connectivity index (χ1v) is 8.83. The first kappa shape index (κ1) is 23.2. The molecule has 0 aromatic heterocycles. The summed E-state index contributed by atoms with van der Waals surface area (Å²) in [4.78, 5) is 36.6. The van der Waals surface area contributed by atoms with Crippen LogP contribution in [0.5, 0.6) is 0 Å². The number of esters is 1. The molecule has 0 bridgehead atoms. The van der Waals surface area contributed by atoms with Crippen LogP contribution in [0, 0.1) is 11.8 Å². The standard InChI is InChI=1S/C18H34N2O5/c1-9-24-16(22)13(10-11(2)3)19-15(21)14(12(4)5)20-17(23)25-18(6,7)8/h11-14H,9-10H2,1-8H3,(H,19,21)(H,20,23)/t13-,14-/m1/s1. The van der Waals surface area contributed by atoms with Crippen LogP contribution < -0.4 is 10.6 Å². The van der Waals surface area contributed by atoms with Gasteiger partial charge in [-0.3, -0.25) is 4.79 Å². The van der Waals surface area contributed by atoms with Crippen LogP contribution >= 0.6 is 0 Å². The van der Waals surface area contributed by atoms with E-state index in [1.807, 2.05) is 27.7 Å². The van der Waals surface area contributed by atoms with Crippen molar-refractivity contribution in [3.63, 3.8) is 0 Å². The molecule has 2 atom stereocenters. The smallest absolute Gasteiger partial charge is 0.408 e. The molecule has 0 saturated heterocycles. The summed E-state index contributed by atoms with van der Waals surface area (Å²) in [5.41, 5.74) is -0.660. The highest BCUT2D eigenvalue weighted by molar-refractivity contribution is 5.89. The van der Waals surface area contributed by atoms with Gasteiger partial charge in [0.15, 0.2) is 0 Å². The molecule has 0 fully saturated rings. The second-order valence-corrected chi connectivity index (χ2v) is 7.81. The van der Waals surface area contributed by atoms with E-state index < -0.39 is 35.7 Å². The lowest BCUT2D eigenvalue weighted by Crippen LogP contribution is -2.54. The average Bonchev–Trinajstić information content (AvgIpc) is 2.41. The number of hydrogen-bond donors (Lipinski definition) is 2. The summed E-state index contributed by atoms with van der Waals surface area (Å²) in [5, 5.41) is 5.28. The number of rotatable bonds is 8. The molecule has 0 unspecified atom stereocenters. The minimum Gasteiger partial charge on any atom is -0.464 e. The number of alkyl carbamates (subject to hydrolysis) is 1. The van der Waals surface area contributed by atoms with Crippen LogP contribution in [-0.4, -0.2) is 42.3 Å². The number of carbonyl (C=O) groups excluding carboxylic acids is 3. The predicted octanol–water partition coefficient (Wildman–Crippen LogP) is 2.63. The summed E-state index contributed by atoms with van der Waals surface area (Å²) in [7, 11) is 0. The molecule has 25 heavy (non-hydrogen) atoms. The van der Waals surface area contributed by atoms with E-state index >= 15 is 0 Å². The SMILES string of the molecule is CCOC(=O)[C@@H](CC(C)C)NC(=O)[C@H](NC(=O)OC(C)(C)C)C(C)C. The zero-order chi connectivity index (χ0) is 19.8. The van der Waals surface area contributed by atoms with E-state index in [2.05, 4.69) is 10.6 Å². The average molecular weight is 358 g/mol. The van der Waals surface area contributed by atoms with E-state index in [0.29, 0.717) is 6.42 Å². The number of amides is 2. The Bertz CT molecular complexity index is 455. The third kappa shape index (κ3) is 9.94. The van der Waals surface area contributed by atoms with Gasteiger partial charge in [0, 0.05) is 0 Å². The van der Waals surface area contributed by atoms with Gasteiger partial charge in [-0.15, -0.1) is 0 Å². The van der Waals surface area contributed by atoms with E-state index in [4.69, 9.17) is 9.47 Å². The van der Waals surface area contributed by atoms with Gasteiger partial charge in [-0.2, -0.15) is 0 Å². The summed E-state index contributed by atoms with van der Waals surface area (Å²) < 4.78 is 10.2. The van der Waals surface area contributed by atoms with Crippen LogP contribution in [0.15, 0.2) is 0 Å². The maximum absolute atomic E-state index is 12.6. The molecule has 0 aliphatic heterocycles. The fourth-order valence-corrected chi connectivity index (χ4v) is 2.16. The van der Waals surface area contributed by atoms with Crippen molar-refractivity contribution < 1.29 is 23.9 Å². The van der Waals surface area contributed by atoms with Gasteiger partial charge in [0.05, 0.1) is 6.61 Å². The van der Waals surface area contributed by atoms with Crippen molar-refractivity contribution in [2.45, 2.75) is 79.5 Å². The van der Waals surface area contributed by atoms with Gasteiger partial charge in [0.2, 0.25) is 5.91 Å². The zero-order valence-corrected chi connectivity index (χ0v) is 16.8. The molecule has 0 aromatic carbocycles. The molecule has 2 amide bonds. The first-order valence-electron chi connectivity index (χ1n) is 8.83. The third-order valence-corrected chi connectivity index (χ3v) is 3.22. The van der Waals surface area contributed by atoms with Crippen molar-refractivity contribution in [3.8, 4) is 0 Å². The first-order chi connectivity index (χ1) is 11.4. The Morgan fingerprint density at radius 2 is 1.56 bits per heavy atom. The highest BCUT2D eigenvalue weighted by Crippen LogP contribution is 2.11. The van der Waals surface area contributed by atoms with E-state index in [0.717, 1.165) is 0 Å². The Kier molecular flexibility index (Phi) is 9.52. The van der Waals surface area contributed by atoms with E-state index in [1.54, 1.807) is 27.7 Å². The van der Waals surface area contributed by atoms with Crippen molar-refractivity contribution in [1.29, 1.82) is 0 Å². The van der Waals surface area contributed by atoms with Crippen molar-refractivity contribution in [3.05, 3.63) is 0 Å². The molecule has 2 N–H and O–H groups in total. The molecule has 146 valence electrons. The summed E-state index contributed by atoms with van der Waals surface area (Å²) in [5.74, 6) is -0.871. The van der Waals surface area contributed by atoms with Crippen molar-refractivity contribution in [2.75, 3.05) is 6.61 Å². The molecular formula is C18H34N2O5. The van der Waals surface area contributed by atoms with Gasteiger partial charge in [0.1, 0.15) is 17.7 Å². The maximum atomic E-state index is 12.6. The van der Waals surface area contributed by atoms with Crippen LogP contribution in [-0.2, 0) is 19.1 Å². The van der Waals surface area contributed by atoms with Gasteiger partial charge in [-0.1, -0.05) is 27.7 Å². The largest absolute Gasteiger partial charge is 0.464 e. The number of hydrogen-bond acceptors (Lipinski definition) is 5. The van der Waals surface area contributed by atoms with Crippen LogP contribution in [0.25, 0.3) is 0 Å². The highest BCUT2D eigenvalue weighted by atomic mass is 16.6. The molecular weight excluding hydrogens is 324 g/mol. The maximum Gasteiger partial charge on any atom is 0.408 e. The molecule has 0 saturated carbocycles. The number of nitrogens with one attached hydrogen (secondary N) is 2. The molecule has 0 aliphatic rings. The highest BCUT2D eigenvalue weighted by Gasteiger charge is 2.31. The van der Waals surface area contributed by atoms with Gasteiger partial charge >= 0.3 is 12.1 Å². The number of carbonyl (C=O) groups is 3. The third-order valence-electron chi connectivity index (χ3n) is 3.22. The second kappa shape index (κ2) is 10.3. The Hall–Kier alpha value is -1.79. The molecule has 0 radical (unpaired) electrons. The lowest BCUT2D eigenvalue weighted by Gasteiger charge is -2.27. The molecule has 0 aromatic rings. The second-order valence-electron chi connectivity index (χ2n) is 7.81. The van der Waals surface area contributed by atoms with Crippen molar-refractivity contribution in [1.82, 2.24) is 10.6 Å². The Balaban J connectivity index is 5.05. The van der Waals surface area contributed by atoms with Crippen LogP contribution in [0.1, 0.15) is 61.8 Å². The van der Waals surface area contributed by atoms with Gasteiger partial charge in [-0.05, 0) is 46.0 Å². The van der Waals surface area contributed by atoms with Gasteiger partial charge in [0.25, 0.3) is 0 Å². The summed E-state index contributed by atoms with van der Waals surface area (Å²) in [6.07, 6.45) is -0.208. The summed E-state index contributed by atoms with van der Waals surface area (Å²) in [6, 6.07) is -1.55. The van der Waals surface area contributed by atoms with E-state index in [1.165, 1.54) is 0 Å². The fourth-order valence-electron chi connectivity index (χ4n) is 2.16. The van der Waals surface area contributed by atoms with Crippen LogP contribution in [0.4, 0.5) is 4.79 Å². The van der Waals surface area contributed by atoms with E-state index in [9.17, 15) is 14.4 Å². The molecule has 7 heteroatoms. The molecule has 0 spiro atoms. The van der Waals surface area contributed by atoms with Gasteiger partial charge < -0.3 is 20.1 Å². The van der Waals surface area contributed by atoms with Gasteiger partial charge in [-0.25, -0.2) is 9.59 Å². The van der Waals surface area contributed by atoms with Crippen LogP contribution in [0.2, 0.25) is 0 Å². The number of ether oxygens (including phenoxy) is 2. The minimum atomic E-state index is -0.807. The topological polar surface area (TPSA) is 93.7 Å². The van der Waals surface area contributed by atoms with Crippen molar-refractivity contribution >= 4 is 18.0 Å². The normalized spacial score (nSPS) is 14.0. The van der Waals surface area contributed by atoms with Crippen LogP contribution in [0.3, 0.4) is 0 Å². The Labute approximate surface area is 151 Å². The lowest BCUT2D eigenvalue weighted by molar-refractivity contribution is -0.148. The monoisotopic (exact) mass is 358 g/mol. The zero-order valence-electron chi connectivity index (χ0n) is 16.8. The Morgan fingerprint density at radius 3 is 1.96 bits per heavy atom. The Morgan fingerprint density at radius 1 is 1.00 bits per heavy atom. The van der Waals surface area contributed by atoms with Crippen molar-refractivity contribution in [2.24, 2.45) is 11.8 Å². The van der Waals surface area contributed by atoms with E-state index in [-0.39, 0.29) is 18.4 Å². The fraction of sp³-hybridized carbons (Fsp3) is 0.833. The summed E-state index contributed by atoms with van der Waals surface area (Å²) in [6.45, 7) is 14.7. The minimum absolute atomic E-state index is 0.172. The molecule has 0 heterocycles. The lowest BCUT2D eigenvalue weighted by atomic mass is 10.0. The summed E-state index contributed by atoms with van der Waals surface area (Å²) >= 11 is 0. The molecule has 0 rings (SSSR count). The molecule has 0 aliphatic carbocycles. The predicted molar refractivity (Wildman–Crippen MR) is 96.0 cm³/mol. The quantitative estimate of drug-likeness (QED) is 0.651. The molecule has 7 nitrogen and oxygen atoms in total.